The van der Waals surface area contributed by atoms with Crippen molar-refractivity contribution >= 4 is 22.6 Å². The van der Waals surface area contributed by atoms with Gasteiger partial charge in [0.25, 0.3) is 5.91 Å². The highest BCUT2D eigenvalue weighted by Crippen LogP contribution is 2.19. The minimum absolute atomic E-state index is 0.243. The minimum atomic E-state index is -0.335. The molecule has 0 atom stereocenters. The van der Waals surface area contributed by atoms with Gasteiger partial charge in [0, 0.05) is 17.3 Å². The van der Waals surface area contributed by atoms with Gasteiger partial charge in [0.1, 0.15) is 5.82 Å². The first kappa shape index (κ1) is 14.3. The molecule has 0 bridgehead atoms. The molecule has 0 radical (unpaired) electrons. The number of hydrogen-bond acceptors (Lipinski definition) is 2. The zero-order chi connectivity index (χ0) is 15.7. The van der Waals surface area contributed by atoms with Crippen molar-refractivity contribution < 1.29 is 9.18 Å². The molecular formula is C17H16FN3O. The second-order valence-corrected chi connectivity index (χ2v) is 5.41. The average molecular weight is 297 g/mol. The highest BCUT2D eigenvalue weighted by atomic mass is 19.1. The van der Waals surface area contributed by atoms with Gasteiger partial charge in [0.05, 0.1) is 17.4 Å². The number of imidazole rings is 1. The van der Waals surface area contributed by atoms with Crippen LogP contribution in [0.3, 0.4) is 0 Å². The van der Waals surface area contributed by atoms with E-state index >= 15 is 0 Å². The summed E-state index contributed by atoms with van der Waals surface area (Å²) in [6.07, 6.45) is 1.77. The van der Waals surface area contributed by atoms with Crippen molar-refractivity contribution in [2.75, 3.05) is 5.32 Å². The van der Waals surface area contributed by atoms with Crippen molar-refractivity contribution in [3.05, 3.63) is 60.2 Å². The lowest BCUT2D eigenvalue weighted by Gasteiger charge is -2.08. The first-order valence-corrected chi connectivity index (χ1v) is 7.08. The summed E-state index contributed by atoms with van der Waals surface area (Å²) in [5.74, 6) is -0.578. The Balaban J connectivity index is 1.86. The molecule has 0 aliphatic heterocycles. The van der Waals surface area contributed by atoms with E-state index < -0.39 is 0 Å². The van der Waals surface area contributed by atoms with E-state index in [1.54, 1.807) is 18.5 Å². The number of nitrogens with zero attached hydrogens (tertiary/aromatic N) is 2. The quantitative estimate of drug-likeness (QED) is 0.794. The third-order valence-electron chi connectivity index (χ3n) is 3.50. The zero-order valence-electron chi connectivity index (χ0n) is 12.4. The van der Waals surface area contributed by atoms with E-state index in [1.807, 2.05) is 6.07 Å². The van der Waals surface area contributed by atoms with Gasteiger partial charge in [0.2, 0.25) is 0 Å². The minimum Gasteiger partial charge on any atom is -0.328 e. The normalized spacial score (nSPS) is 11.1. The molecule has 1 heterocycles. The smallest absolute Gasteiger partial charge is 0.255 e. The molecule has 0 aliphatic rings. The predicted octanol–water partition coefficient (Wildman–Crippen LogP) is 4.01. The number of anilines is 1. The predicted molar refractivity (Wildman–Crippen MR) is 84.5 cm³/mol. The Hall–Kier alpha value is -2.69. The number of nitrogens with one attached hydrogen (secondary N) is 1. The number of aromatic nitrogens is 2. The van der Waals surface area contributed by atoms with Crippen LogP contribution in [0.1, 0.15) is 30.2 Å². The maximum Gasteiger partial charge on any atom is 0.255 e. The van der Waals surface area contributed by atoms with Gasteiger partial charge in [-0.3, -0.25) is 4.79 Å². The van der Waals surface area contributed by atoms with E-state index in [0.717, 1.165) is 11.0 Å². The van der Waals surface area contributed by atoms with Crippen molar-refractivity contribution in [2.45, 2.75) is 19.9 Å². The monoisotopic (exact) mass is 297 g/mol. The highest BCUT2D eigenvalue weighted by molar-refractivity contribution is 6.05. The molecule has 0 spiro atoms. The molecule has 3 rings (SSSR count). The maximum atomic E-state index is 12.9. The summed E-state index contributed by atoms with van der Waals surface area (Å²) in [5, 5.41) is 2.74. The summed E-state index contributed by atoms with van der Waals surface area (Å²) in [6.45, 7) is 4.16. The van der Waals surface area contributed by atoms with E-state index in [9.17, 15) is 9.18 Å². The molecule has 0 saturated carbocycles. The molecule has 1 amide bonds. The number of hydrogen-bond donors (Lipinski definition) is 1. The third kappa shape index (κ3) is 2.70. The van der Waals surface area contributed by atoms with Crippen molar-refractivity contribution in [1.29, 1.82) is 0 Å². The fraction of sp³-hybridized carbons (Fsp3) is 0.176. The Labute approximate surface area is 127 Å². The van der Waals surface area contributed by atoms with E-state index in [4.69, 9.17) is 0 Å². The van der Waals surface area contributed by atoms with Crippen LogP contribution in [0.4, 0.5) is 10.1 Å². The first-order chi connectivity index (χ1) is 10.5. The van der Waals surface area contributed by atoms with Crippen molar-refractivity contribution in [1.82, 2.24) is 9.55 Å². The summed E-state index contributed by atoms with van der Waals surface area (Å²) in [5.41, 5.74) is 2.85. The van der Waals surface area contributed by atoms with Gasteiger partial charge < -0.3 is 9.88 Å². The standard InChI is InChI=1S/C17H16FN3O/c1-11(2)21-10-19-15-9-12(3-8-16(15)21)17(22)20-14-6-4-13(18)5-7-14/h3-11H,1-2H3,(H,20,22). The number of halogens is 1. The lowest BCUT2D eigenvalue weighted by Crippen LogP contribution is -2.11. The van der Waals surface area contributed by atoms with Crippen LogP contribution in [0.2, 0.25) is 0 Å². The molecule has 0 saturated heterocycles. The topological polar surface area (TPSA) is 46.9 Å². The Morgan fingerprint density at radius 2 is 1.91 bits per heavy atom. The number of benzene rings is 2. The van der Waals surface area contributed by atoms with Gasteiger partial charge in [0.15, 0.2) is 0 Å². The Bertz CT molecular complexity index is 822. The lowest BCUT2D eigenvalue weighted by molar-refractivity contribution is 0.102. The van der Waals surface area contributed by atoms with E-state index in [1.165, 1.54) is 24.3 Å². The summed E-state index contributed by atoms with van der Waals surface area (Å²) in [6, 6.07) is 11.4. The molecule has 4 nitrogen and oxygen atoms in total. The number of carbonyl (C=O) groups excluding carboxylic acids is 1. The summed E-state index contributed by atoms with van der Waals surface area (Å²) in [7, 11) is 0. The second kappa shape index (κ2) is 5.60. The molecule has 5 heteroatoms. The largest absolute Gasteiger partial charge is 0.328 e. The fourth-order valence-electron chi connectivity index (χ4n) is 2.32. The molecule has 1 aromatic heterocycles. The molecule has 2 aromatic carbocycles. The number of rotatable bonds is 3. The zero-order valence-corrected chi connectivity index (χ0v) is 12.4. The highest BCUT2D eigenvalue weighted by Gasteiger charge is 2.10. The van der Waals surface area contributed by atoms with E-state index in [0.29, 0.717) is 17.3 Å². The van der Waals surface area contributed by atoms with Crippen LogP contribution in [0, 0.1) is 5.82 Å². The molecule has 1 N–H and O–H groups in total. The van der Waals surface area contributed by atoms with Gasteiger partial charge in [-0.1, -0.05) is 0 Å². The van der Waals surface area contributed by atoms with E-state index in [-0.39, 0.29) is 11.7 Å². The summed E-state index contributed by atoms with van der Waals surface area (Å²) in [4.78, 5) is 16.6. The first-order valence-electron chi connectivity index (χ1n) is 7.08. The Morgan fingerprint density at radius 3 is 2.59 bits per heavy atom. The molecule has 0 fully saturated rings. The fourth-order valence-corrected chi connectivity index (χ4v) is 2.32. The van der Waals surface area contributed by atoms with Crippen LogP contribution in [-0.4, -0.2) is 15.5 Å². The van der Waals surface area contributed by atoms with Crippen LogP contribution in [0.15, 0.2) is 48.8 Å². The molecular weight excluding hydrogens is 281 g/mol. The molecule has 0 aliphatic carbocycles. The Morgan fingerprint density at radius 1 is 1.18 bits per heavy atom. The third-order valence-corrected chi connectivity index (χ3v) is 3.50. The van der Waals surface area contributed by atoms with E-state index in [2.05, 4.69) is 28.7 Å². The SMILES string of the molecule is CC(C)n1cnc2cc(C(=O)Nc3ccc(F)cc3)ccc21. The van der Waals surface area contributed by atoms with Crippen LogP contribution in [-0.2, 0) is 0 Å². The van der Waals surface area contributed by atoms with Crippen LogP contribution >= 0.6 is 0 Å². The molecule has 3 aromatic rings. The average Bonchev–Trinajstić information content (AvgIpc) is 2.92. The van der Waals surface area contributed by atoms with Crippen LogP contribution in [0.25, 0.3) is 11.0 Å². The molecule has 22 heavy (non-hydrogen) atoms. The number of fused-ring (bicyclic) bond motifs is 1. The second-order valence-electron chi connectivity index (χ2n) is 5.41. The summed E-state index contributed by atoms with van der Waals surface area (Å²) >= 11 is 0. The summed E-state index contributed by atoms with van der Waals surface area (Å²) < 4.78 is 14.9. The van der Waals surface area contributed by atoms with Gasteiger partial charge in [-0.05, 0) is 56.3 Å². The Kier molecular flexibility index (Phi) is 3.63. The molecule has 0 unspecified atom stereocenters. The van der Waals surface area contributed by atoms with Gasteiger partial charge >= 0.3 is 0 Å². The van der Waals surface area contributed by atoms with Crippen LogP contribution in [0.5, 0.6) is 0 Å². The van der Waals surface area contributed by atoms with Crippen LogP contribution < -0.4 is 5.32 Å². The van der Waals surface area contributed by atoms with Gasteiger partial charge in [-0.25, -0.2) is 9.37 Å². The maximum absolute atomic E-state index is 12.9. The van der Waals surface area contributed by atoms with Gasteiger partial charge in [-0.15, -0.1) is 0 Å². The number of amides is 1. The van der Waals surface area contributed by atoms with Crippen molar-refractivity contribution in [3.8, 4) is 0 Å². The molecule has 112 valence electrons. The van der Waals surface area contributed by atoms with Crippen molar-refractivity contribution in [3.63, 3.8) is 0 Å². The van der Waals surface area contributed by atoms with Gasteiger partial charge in [-0.2, -0.15) is 0 Å². The number of carbonyl (C=O) groups is 1. The lowest BCUT2D eigenvalue weighted by atomic mass is 10.1. The van der Waals surface area contributed by atoms with Crippen molar-refractivity contribution in [2.24, 2.45) is 0 Å².